The van der Waals surface area contributed by atoms with Crippen molar-refractivity contribution in [3.8, 4) is 11.5 Å². The summed E-state index contributed by atoms with van der Waals surface area (Å²) in [6.45, 7) is 0.250. The summed E-state index contributed by atoms with van der Waals surface area (Å²) in [6.07, 6.45) is 1.58. The highest BCUT2D eigenvalue weighted by molar-refractivity contribution is 6.13. The standard InChI is InChI=1S/C25H22N2O7/c1-31-22-13-17(8-10-20(22)33-15-18-9-11-21(34-18)24(29)32-2)12-19-23(28)27(25(30)26-19)14-16-6-4-3-5-7-16/h3-13H,14-15H2,1-2H3,(H,26,30). The first-order valence-corrected chi connectivity index (χ1v) is 10.3. The Hall–Kier alpha value is -4.53. The lowest BCUT2D eigenvalue weighted by atomic mass is 10.1. The van der Waals surface area contributed by atoms with Gasteiger partial charge in [-0.3, -0.25) is 9.69 Å². The van der Waals surface area contributed by atoms with Gasteiger partial charge in [-0.25, -0.2) is 9.59 Å². The summed E-state index contributed by atoms with van der Waals surface area (Å²) in [7, 11) is 2.76. The number of imide groups is 1. The van der Waals surface area contributed by atoms with Crippen LogP contribution < -0.4 is 14.8 Å². The third-order valence-corrected chi connectivity index (χ3v) is 5.06. The molecule has 0 unspecified atom stereocenters. The summed E-state index contributed by atoms with van der Waals surface area (Å²) in [5.41, 5.74) is 1.66. The summed E-state index contributed by atoms with van der Waals surface area (Å²) in [6, 6.07) is 17.0. The van der Waals surface area contributed by atoms with Crippen LogP contribution in [-0.4, -0.2) is 37.0 Å². The Morgan fingerprint density at radius 3 is 2.56 bits per heavy atom. The third kappa shape index (κ3) is 4.93. The number of carbonyl (C=O) groups excluding carboxylic acids is 3. The number of amides is 3. The third-order valence-electron chi connectivity index (χ3n) is 5.06. The molecule has 0 aliphatic carbocycles. The minimum Gasteiger partial charge on any atom is -0.493 e. The Labute approximate surface area is 195 Å². The predicted molar refractivity (Wildman–Crippen MR) is 121 cm³/mol. The van der Waals surface area contributed by atoms with Crippen LogP contribution in [0.3, 0.4) is 0 Å². The van der Waals surface area contributed by atoms with Gasteiger partial charge in [0.25, 0.3) is 5.91 Å². The largest absolute Gasteiger partial charge is 0.493 e. The summed E-state index contributed by atoms with van der Waals surface area (Å²) < 4.78 is 21.2. The highest BCUT2D eigenvalue weighted by Crippen LogP contribution is 2.30. The Balaban J connectivity index is 1.45. The topological polar surface area (TPSA) is 107 Å². The summed E-state index contributed by atoms with van der Waals surface area (Å²) >= 11 is 0. The average Bonchev–Trinajstić information content (AvgIpc) is 3.43. The number of urea groups is 1. The molecule has 0 atom stereocenters. The molecule has 3 amide bonds. The van der Waals surface area contributed by atoms with E-state index in [4.69, 9.17) is 13.9 Å². The number of rotatable bonds is 8. The molecule has 0 radical (unpaired) electrons. The minimum absolute atomic E-state index is 0.0662. The molecule has 1 aromatic heterocycles. The van der Waals surface area contributed by atoms with Gasteiger partial charge in [0.2, 0.25) is 5.76 Å². The number of methoxy groups -OCH3 is 2. The molecule has 1 fully saturated rings. The van der Waals surface area contributed by atoms with Crippen LogP contribution in [0.2, 0.25) is 0 Å². The highest BCUT2D eigenvalue weighted by atomic mass is 16.5. The lowest BCUT2D eigenvalue weighted by Gasteiger charge is -2.11. The average molecular weight is 462 g/mol. The monoisotopic (exact) mass is 462 g/mol. The van der Waals surface area contributed by atoms with Crippen LogP contribution in [-0.2, 0) is 22.7 Å². The lowest BCUT2D eigenvalue weighted by molar-refractivity contribution is -0.123. The fourth-order valence-corrected chi connectivity index (χ4v) is 3.36. The van der Waals surface area contributed by atoms with E-state index in [9.17, 15) is 14.4 Å². The van der Waals surface area contributed by atoms with Gasteiger partial charge in [0.15, 0.2) is 11.5 Å². The van der Waals surface area contributed by atoms with Crippen LogP contribution in [0, 0.1) is 0 Å². The van der Waals surface area contributed by atoms with E-state index in [0.717, 1.165) is 10.5 Å². The van der Waals surface area contributed by atoms with Crippen molar-refractivity contribution < 1.29 is 33.0 Å². The fourth-order valence-electron chi connectivity index (χ4n) is 3.36. The van der Waals surface area contributed by atoms with Crippen LogP contribution in [0.15, 0.2) is 70.8 Å². The molecule has 2 aromatic carbocycles. The van der Waals surface area contributed by atoms with Gasteiger partial charge in [-0.1, -0.05) is 36.4 Å². The zero-order chi connectivity index (χ0) is 24.1. The van der Waals surface area contributed by atoms with E-state index in [0.29, 0.717) is 22.8 Å². The van der Waals surface area contributed by atoms with Gasteiger partial charge >= 0.3 is 12.0 Å². The van der Waals surface area contributed by atoms with E-state index in [2.05, 4.69) is 10.1 Å². The van der Waals surface area contributed by atoms with Crippen LogP contribution in [0.25, 0.3) is 6.08 Å². The number of benzene rings is 2. The van der Waals surface area contributed by atoms with E-state index in [1.807, 2.05) is 30.3 Å². The van der Waals surface area contributed by atoms with Crippen LogP contribution in [0.1, 0.15) is 27.4 Å². The number of esters is 1. The molecular weight excluding hydrogens is 440 g/mol. The van der Waals surface area contributed by atoms with Crippen molar-refractivity contribution in [2.24, 2.45) is 0 Å². The number of hydrogen-bond acceptors (Lipinski definition) is 7. The van der Waals surface area contributed by atoms with Gasteiger partial charge in [-0.2, -0.15) is 0 Å². The van der Waals surface area contributed by atoms with Gasteiger partial charge in [-0.05, 0) is 41.5 Å². The number of nitrogens with one attached hydrogen (secondary N) is 1. The number of furan rings is 1. The van der Waals surface area contributed by atoms with Crippen LogP contribution in [0.5, 0.6) is 11.5 Å². The Morgan fingerprint density at radius 1 is 1.03 bits per heavy atom. The normalized spacial score (nSPS) is 14.3. The van der Waals surface area contributed by atoms with E-state index >= 15 is 0 Å². The molecule has 0 spiro atoms. The van der Waals surface area contributed by atoms with Crippen LogP contribution >= 0.6 is 0 Å². The summed E-state index contributed by atoms with van der Waals surface area (Å²) in [5.74, 6) is 0.399. The molecular formula is C25H22N2O7. The van der Waals surface area contributed by atoms with Gasteiger partial charge in [-0.15, -0.1) is 0 Å². The molecule has 3 aromatic rings. The zero-order valence-electron chi connectivity index (χ0n) is 18.6. The molecule has 1 aliphatic heterocycles. The first-order chi connectivity index (χ1) is 16.5. The van der Waals surface area contributed by atoms with Crippen LogP contribution in [0.4, 0.5) is 4.79 Å². The molecule has 0 bridgehead atoms. The van der Waals surface area contributed by atoms with Crippen molar-refractivity contribution >= 4 is 24.0 Å². The Kier molecular flexibility index (Phi) is 6.63. The first kappa shape index (κ1) is 22.7. The smallest absolute Gasteiger partial charge is 0.373 e. The molecule has 1 aliphatic rings. The Bertz CT molecular complexity index is 1250. The number of hydrogen-bond donors (Lipinski definition) is 1. The van der Waals surface area contributed by atoms with E-state index < -0.39 is 17.9 Å². The predicted octanol–water partition coefficient (Wildman–Crippen LogP) is 3.75. The summed E-state index contributed by atoms with van der Waals surface area (Å²) in [5, 5.41) is 2.61. The van der Waals surface area contributed by atoms with Crippen molar-refractivity contribution in [3.63, 3.8) is 0 Å². The lowest BCUT2D eigenvalue weighted by Crippen LogP contribution is -2.30. The molecule has 34 heavy (non-hydrogen) atoms. The number of carbonyl (C=O) groups is 3. The van der Waals surface area contributed by atoms with Crippen molar-refractivity contribution in [2.75, 3.05) is 14.2 Å². The second kappa shape index (κ2) is 9.95. The number of ether oxygens (including phenoxy) is 3. The van der Waals surface area contributed by atoms with Crippen molar-refractivity contribution in [1.82, 2.24) is 10.2 Å². The second-order valence-corrected chi connectivity index (χ2v) is 7.32. The van der Waals surface area contributed by atoms with E-state index in [1.54, 1.807) is 30.3 Å². The van der Waals surface area contributed by atoms with Crippen molar-refractivity contribution in [2.45, 2.75) is 13.2 Å². The Morgan fingerprint density at radius 2 is 1.82 bits per heavy atom. The molecule has 4 rings (SSSR count). The van der Waals surface area contributed by atoms with Gasteiger partial charge < -0.3 is 23.9 Å². The van der Waals surface area contributed by atoms with Gasteiger partial charge in [0.1, 0.15) is 18.1 Å². The van der Waals surface area contributed by atoms with Gasteiger partial charge in [0, 0.05) is 0 Å². The van der Waals surface area contributed by atoms with E-state index in [1.165, 1.54) is 20.3 Å². The fraction of sp³-hybridized carbons (Fsp3) is 0.160. The second-order valence-electron chi connectivity index (χ2n) is 7.32. The van der Waals surface area contributed by atoms with Crippen molar-refractivity contribution in [3.05, 3.63) is 89.0 Å². The summed E-state index contributed by atoms with van der Waals surface area (Å²) in [4.78, 5) is 37.7. The number of nitrogens with zero attached hydrogens (tertiary/aromatic N) is 1. The molecule has 1 N–H and O–H groups in total. The molecule has 2 heterocycles. The molecule has 0 saturated carbocycles. The SMILES string of the molecule is COC(=O)c1ccc(COc2ccc(C=C3NC(=O)N(Cc4ccccc4)C3=O)cc2OC)o1. The quantitative estimate of drug-likeness (QED) is 0.309. The van der Waals surface area contributed by atoms with E-state index in [-0.39, 0.29) is 24.6 Å². The highest BCUT2D eigenvalue weighted by Gasteiger charge is 2.33. The maximum atomic E-state index is 12.8. The minimum atomic E-state index is -0.572. The maximum Gasteiger partial charge on any atom is 0.373 e. The molecule has 174 valence electrons. The zero-order valence-corrected chi connectivity index (χ0v) is 18.6. The van der Waals surface area contributed by atoms with Gasteiger partial charge in [0.05, 0.1) is 20.8 Å². The molecule has 1 saturated heterocycles. The molecule has 9 nitrogen and oxygen atoms in total. The van der Waals surface area contributed by atoms with Crippen molar-refractivity contribution in [1.29, 1.82) is 0 Å². The maximum absolute atomic E-state index is 12.8. The first-order valence-electron chi connectivity index (χ1n) is 10.3. The molecule has 9 heteroatoms.